The fourth-order valence-corrected chi connectivity index (χ4v) is 6.13. The number of phenolic OH excluding ortho intramolecular Hbond substituents is 1. The van der Waals surface area contributed by atoms with Crippen molar-refractivity contribution in [2.24, 2.45) is 5.92 Å². The van der Waals surface area contributed by atoms with Crippen LogP contribution in [0.1, 0.15) is 45.1 Å². The SMILES string of the molecule is CCOc1cc(/C=C2\SC(Nc3ccccc3)N([C@H]3CCCC[C@@H]3C)C2=O)cc(Br)c1O. The number of amides is 1. The van der Waals surface area contributed by atoms with Gasteiger partial charge in [-0.05, 0) is 77.5 Å². The van der Waals surface area contributed by atoms with E-state index in [4.69, 9.17) is 4.74 Å². The van der Waals surface area contributed by atoms with Crippen LogP contribution in [0.4, 0.5) is 5.69 Å². The number of anilines is 1. The van der Waals surface area contributed by atoms with Gasteiger partial charge in [-0.1, -0.05) is 49.7 Å². The van der Waals surface area contributed by atoms with E-state index in [1.807, 2.05) is 54.3 Å². The number of para-hydroxylation sites is 1. The van der Waals surface area contributed by atoms with E-state index in [0.717, 1.165) is 30.5 Å². The lowest BCUT2D eigenvalue weighted by atomic mass is 9.85. The first kappa shape index (κ1) is 23.1. The second-order valence-electron chi connectivity index (χ2n) is 8.31. The lowest BCUT2D eigenvalue weighted by Crippen LogP contribution is -2.48. The minimum absolute atomic E-state index is 0.0596. The summed E-state index contributed by atoms with van der Waals surface area (Å²) in [5.41, 5.74) is 1.65. The van der Waals surface area contributed by atoms with Crippen LogP contribution in [0, 0.1) is 5.92 Å². The predicted molar refractivity (Wildman–Crippen MR) is 135 cm³/mol. The number of aromatic hydroxyl groups is 1. The van der Waals surface area contributed by atoms with Gasteiger partial charge in [-0.15, -0.1) is 0 Å². The summed E-state index contributed by atoms with van der Waals surface area (Å²) < 4.78 is 6.10. The summed E-state index contributed by atoms with van der Waals surface area (Å²) >= 11 is 4.95. The highest BCUT2D eigenvalue weighted by atomic mass is 79.9. The average molecular weight is 517 g/mol. The molecule has 0 radical (unpaired) electrons. The Bertz CT molecular complexity index is 998. The minimum atomic E-state index is -0.159. The van der Waals surface area contributed by atoms with Crippen molar-refractivity contribution in [2.45, 2.75) is 51.1 Å². The number of hydrogen-bond donors (Lipinski definition) is 2. The largest absolute Gasteiger partial charge is 0.503 e. The molecule has 5 nitrogen and oxygen atoms in total. The van der Waals surface area contributed by atoms with Crippen LogP contribution >= 0.6 is 27.7 Å². The normalized spacial score (nSPS) is 24.7. The van der Waals surface area contributed by atoms with Crippen LogP contribution in [0.2, 0.25) is 0 Å². The molecule has 1 saturated heterocycles. The van der Waals surface area contributed by atoms with Crippen molar-refractivity contribution in [3.8, 4) is 11.5 Å². The summed E-state index contributed by atoms with van der Waals surface area (Å²) in [6.07, 6.45) is 6.47. The van der Waals surface area contributed by atoms with Gasteiger partial charge in [0.15, 0.2) is 17.0 Å². The lowest BCUT2D eigenvalue weighted by molar-refractivity contribution is -0.129. The number of nitrogens with one attached hydrogen (secondary N) is 1. The molecule has 1 amide bonds. The molecule has 0 aromatic heterocycles. The average Bonchev–Trinajstić information content (AvgIpc) is 3.07. The zero-order valence-electron chi connectivity index (χ0n) is 18.4. The third-order valence-corrected chi connectivity index (χ3v) is 7.79. The van der Waals surface area contributed by atoms with E-state index in [9.17, 15) is 9.90 Å². The molecule has 3 atom stereocenters. The van der Waals surface area contributed by atoms with Crippen molar-refractivity contribution >= 4 is 45.4 Å². The lowest BCUT2D eigenvalue weighted by Gasteiger charge is -2.39. The third-order valence-electron chi connectivity index (χ3n) is 6.07. The molecule has 1 aliphatic carbocycles. The van der Waals surface area contributed by atoms with Gasteiger partial charge < -0.3 is 20.1 Å². The van der Waals surface area contributed by atoms with Gasteiger partial charge in [-0.25, -0.2) is 0 Å². The van der Waals surface area contributed by atoms with E-state index >= 15 is 0 Å². The van der Waals surface area contributed by atoms with Gasteiger partial charge in [0.1, 0.15) is 0 Å². The second kappa shape index (κ2) is 10.2. The van der Waals surface area contributed by atoms with Crippen LogP contribution in [0.15, 0.2) is 51.8 Å². The fraction of sp³-hybridized carbons (Fsp3) is 0.400. The topological polar surface area (TPSA) is 61.8 Å². The van der Waals surface area contributed by atoms with Crippen LogP contribution in [0.5, 0.6) is 11.5 Å². The summed E-state index contributed by atoms with van der Waals surface area (Å²) in [5.74, 6) is 1.01. The van der Waals surface area contributed by atoms with Crippen molar-refractivity contribution in [3.05, 3.63) is 57.4 Å². The molecule has 1 aliphatic heterocycles. The van der Waals surface area contributed by atoms with Crippen LogP contribution in [0.25, 0.3) is 6.08 Å². The molecule has 2 aromatic carbocycles. The number of ether oxygens (including phenoxy) is 1. The number of hydrogen-bond acceptors (Lipinski definition) is 5. The number of nitrogens with zero attached hydrogens (tertiary/aromatic N) is 1. The monoisotopic (exact) mass is 516 g/mol. The summed E-state index contributed by atoms with van der Waals surface area (Å²) in [4.78, 5) is 16.4. The highest BCUT2D eigenvalue weighted by Crippen LogP contribution is 2.43. The molecule has 1 heterocycles. The van der Waals surface area contributed by atoms with Gasteiger partial charge in [0.25, 0.3) is 5.91 Å². The highest BCUT2D eigenvalue weighted by molar-refractivity contribution is 9.10. The van der Waals surface area contributed by atoms with Gasteiger partial charge in [-0.2, -0.15) is 0 Å². The molecule has 1 unspecified atom stereocenters. The first-order valence-electron chi connectivity index (χ1n) is 11.2. The molecule has 32 heavy (non-hydrogen) atoms. The molecule has 2 fully saturated rings. The molecule has 170 valence electrons. The molecule has 2 N–H and O–H groups in total. The van der Waals surface area contributed by atoms with Gasteiger partial charge in [0.05, 0.1) is 16.0 Å². The smallest absolute Gasteiger partial charge is 0.262 e. The number of halogens is 1. The van der Waals surface area contributed by atoms with Gasteiger partial charge in [0.2, 0.25) is 0 Å². The van der Waals surface area contributed by atoms with Crippen LogP contribution < -0.4 is 10.1 Å². The first-order chi connectivity index (χ1) is 15.5. The Morgan fingerprint density at radius 2 is 2.00 bits per heavy atom. The van der Waals surface area contributed by atoms with Crippen molar-refractivity contribution in [1.82, 2.24) is 4.90 Å². The summed E-state index contributed by atoms with van der Waals surface area (Å²) in [7, 11) is 0. The summed E-state index contributed by atoms with van der Waals surface area (Å²) in [5, 5.41) is 13.8. The Balaban J connectivity index is 1.67. The molecule has 2 aliphatic rings. The Kier molecular flexibility index (Phi) is 7.36. The Morgan fingerprint density at radius 3 is 2.72 bits per heavy atom. The predicted octanol–water partition coefficient (Wildman–Crippen LogP) is 6.44. The zero-order valence-corrected chi connectivity index (χ0v) is 20.8. The van der Waals surface area contributed by atoms with Gasteiger partial charge in [0, 0.05) is 11.7 Å². The van der Waals surface area contributed by atoms with E-state index in [1.54, 1.807) is 17.8 Å². The van der Waals surface area contributed by atoms with Crippen molar-refractivity contribution < 1.29 is 14.6 Å². The summed E-state index contributed by atoms with van der Waals surface area (Å²) in [6.45, 7) is 4.58. The summed E-state index contributed by atoms with van der Waals surface area (Å²) in [6, 6.07) is 13.8. The second-order valence-corrected chi connectivity index (χ2v) is 10.3. The van der Waals surface area contributed by atoms with Crippen LogP contribution in [-0.4, -0.2) is 34.1 Å². The minimum Gasteiger partial charge on any atom is -0.503 e. The quantitative estimate of drug-likeness (QED) is 0.432. The molecular formula is C25H29BrN2O3S. The number of benzene rings is 2. The van der Waals surface area contributed by atoms with Gasteiger partial charge in [-0.3, -0.25) is 4.79 Å². The Hall–Kier alpha value is -2.12. The standard InChI is InChI=1S/C25H29BrN2O3S/c1-3-31-21-14-17(13-19(26)23(21)29)15-22-24(30)28(20-12-8-7-9-16(20)2)25(32-22)27-18-10-5-4-6-11-18/h4-6,10-11,13-16,20,25,27,29H,3,7-9,12H2,1-2H3/b22-15-/t16-,20-,25?/m0/s1. The molecule has 7 heteroatoms. The van der Waals surface area contributed by atoms with E-state index in [-0.39, 0.29) is 23.2 Å². The molecule has 2 aromatic rings. The Labute approximate surface area is 202 Å². The maximum Gasteiger partial charge on any atom is 0.262 e. The fourth-order valence-electron chi connectivity index (χ4n) is 4.46. The number of thioether (sulfide) groups is 1. The van der Waals surface area contributed by atoms with E-state index in [0.29, 0.717) is 27.7 Å². The molecule has 0 bridgehead atoms. The number of phenols is 1. The molecule has 4 rings (SSSR count). The molecule has 1 saturated carbocycles. The third kappa shape index (κ3) is 4.94. The maximum atomic E-state index is 13.6. The van der Waals surface area contributed by atoms with E-state index < -0.39 is 0 Å². The van der Waals surface area contributed by atoms with E-state index in [2.05, 4.69) is 28.2 Å². The van der Waals surface area contributed by atoms with Crippen molar-refractivity contribution in [1.29, 1.82) is 0 Å². The highest BCUT2D eigenvalue weighted by Gasteiger charge is 2.42. The van der Waals surface area contributed by atoms with Crippen molar-refractivity contribution in [3.63, 3.8) is 0 Å². The van der Waals surface area contributed by atoms with E-state index in [1.165, 1.54) is 6.42 Å². The van der Waals surface area contributed by atoms with Gasteiger partial charge >= 0.3 is 0 Å². The Morgan fingerprint density at radius 1 is 1.25 bits per heavy atom. The zero-order chi connectivity index (χ0) is 22.7. The van der Waals surface area contributed by atoms with Crippen LogP contribution in [-0.2, 0) is 4.79 Å². The maximum absolute atomic E-state index is 13.6. The number of carbonyl (C=O) groups is 1. The van der Waals surface area contributed by atoms with Crippen molar-refractivity contribution in [2.75, 3.05) is 11.9 Å². The van der Waals surface area contributed by atoms with Crippen LogP contribution in [0.3, 0.4) is 0 Å². The molecule has 0 spiro atoms. The first-order valence-corrected chi connectivity index (χ1v) is 12.8. The molecular weight excluding hydrogens is 488 g/mol. The number of carbonyl (C=O) groups excluding carboxylic acids is 1. The number of rotatable bonds is 6.